The third-order valence-electron chi connectivity index (χ3n) is 4.34. The van der Waals surface area contributed by atoms with Crippen molar-refractivity contribution in [2.75, 3.05) is 5.75 Å². The summed E-state index contributed by atoms with van der Waals surface area (Å²) in [7, 11) is 1.90. The van der Waals surface area contributed by atoms with Crippen molar-refractivity contribution in [1.29, 1.82) is 0 Å². The van der Waals surface area contributed by atoms with E-state index in [2.05, 4.69) is 10.5 Å². The van der Waals surface area contributed by atoms with Gasteiger partial charge in [-0.1, -0.05) is 47.4 Å². The summed E-state index contributed by atoms with van der Waals surface area (Å²) < 4.78 is 3.00. The van der Waals surface area contributed by atoms with Crippen molar-refractivity contribution in [3.63, 3.8) is 0 Å². The van der Waals surface area contributed by atoms with Crippen molar-refractivity contribution in [2.24, 2.45) is 12.1 Å². The van der Waals surface area contributed by atoms with E-state index in [1.807, 2.05) is 35.9 Å². The largest absolute Gasteiger partial charge is 0.318 e. The molecule has 1 aliphatic rings. The number of hydrogen-bond acceptors (Lipinski definition) is 6. The van der Waals surface area contributed by atoms with E-state index in [-0.39, 0.29) is 29.4 Å². The Morgan fingerprint density at radius 1 is 1.18 bits per heavy atom. The molecule has 0 atom stereocenters. The molecule has 0 bridgehead atoms. The van der Waals surface area contributed by atoms with Gasteiger partial charge < -0.3 is 4.57 Å². The maximum absolute atomic E-state index is 12.5. The van der Waals surface area contributed by atoms with Crippen LogP contribution in [0.3, 0.4) is 0 Å². The number of imide groups is 1. The lowest BCUT2D eigenvalue weighted by Crippen LogP contribution is -2.28. The van der Waals surface area contributed by atoms with E-state index in [9.17, 15) is 14.4 Å². The molecule has 3 aromatic rings. The van der Waals surface area contributed by atoms with Gasteiger partial charge in [0.2, 0.25) is 10.7 Å². The first-order valence-electron chi connectivity index (χ1n) is 8.47. The van der Waals surface area contributed by atoms with Crippen molar-refractivity contribution in [3.8, 4) is 0 Å². The number of benzene rings is 2. The molecule has 1 N–H and O–H groups in total. The van der Waals surface area contributed by atoms with Crippen molar-refractivity contribution in [2.45, 2.75) is 6.54 Å². The van der Waals surface area contributed by atoms with Crippen LogP contribution in [0.25, 0.3) is 10.2 Å². The minimum absolute atomic E-state index is 0.161. The van der Waals surface area contributed by atoms with Gasteiger partial charge in [-0.15, -0.1) is 5.10 Å². The molecule has 0 unspecified atom stereocenters. The SMILES string of the molecule is Cn1c(=NNC(=O)c2cccc(CN3C(=O)CSC3=O)c2)sc2ccccc21. The minimum Gasteiger partial charge on any atom is -0.318 e. The summed E-state index contributed by atoms with van der Waals surface area (Å²) in [4.78, 5) is 37.9. The van der Waals surface area contributed by atoms with E-state index in [0.717, 1.165) is 22.0 Å². The van der Waals surface area contributed by atoms with Crippen molar-refractivity contribution in [1.82, 2.24) is 14.9 Å². The van der Waals surface area contributed by atoms with Gasteiger partial charge in [0.05, 0.1) is 22.5 Å². The third-order valence-corrected chi connectivity index (χ3v) is 6.31. The number of amides is 3. The molecule has 0 spiro atoms. The van der Waals surface area contributed by atoms with E-state index in [4.69, 9.17) is 0 Å². The van der Waals surface area contributed by atoms with E-state index in [0.29, 0.717) is 15.9 Å². The number of nitrogens with one attached hydrogen (secondary N) is 1. The van der Waals surface area contributed by atoms with Gasteiger partial charge in [-0.3, -0.25) is 19.3 Å². The van der Waals surface area contributed by atoms with Crippen LogP contribution in [-0.2, 0) is 18.4 Å². The van der Waals surface area contributed by atoms with Gasteiger partial charge in [-0.05, 0) is 29.8 Å². The molecule has 0 saturated carbocycles. The Kier molecular flexibility index (Phi) is 5.01. The zero-order valence-electron chi connectivity index (χ0n) is 14.9. The average molecular weight is 412 g/mol. The Morgan fingerprint density at radius 2 is 2.00 bits per heavy atom. The number of para-hydroxylation sites is 1. The van der Waals surface area contributed by atoms with Crippen LogP contribution in [0.4, 0.5) is 4.79 Å². The molecular formula is C19H16N4O3S2. The van der Waals surface area contributed by atoms with E-state index < -0.39 is 0 Å². The molecule has 9 heteroatoms. The number of rotatable bonds is 4. The highest BCUT2D eigenvalue weighted by Crippen LogP contribution is 2.21. The monoisotopic (exact) mass is 412 g/mol. The van der Waals surface area contributed by atoms with Crippen LogP contribution in [0, 0.1) is 0 Å². The van der Waals surface area contributed by atoms with Crippen LogP contribution >= 0.6 is 23.1 Å². The quantitative estimate of drug-likeness (QED) is 0.668. The van der Waals surface area contributed by atoms with E-state index in [1.165, 1.54) is 16.2 Å². The zero-order chi connectivity index (χ0) is 19.7. The lowest BCUT2D eigenvalue weighted by atomic mass is 10.1. The summed E-state index contributed by atoms with van der Waals surface area (Å²) in [5.74, 6) is -0.394. The molecule has 2 heterocycles. The highest BCUT2D eigenvalue weighted by molar-refractivity contribution is 8.14. The van der Waals surface area contributed by atoms with Crippen LogP contribution in [0.5, 0.6) is 0 Å². The summed E-state index contributed by atoms with van der Waals surface area (Å²) in [5.41, 5.74) is 4.75. The fourth-order valence-electron chi connectivity index (χ4n) is 2.88. The van der Waals surface area contributed by atoms with Crippen LogP contribution in [0.2, 0.25) is 0 Å². The molecule has 1 aromatic heterocycles. The van der Waals surface area contributed by atoms with Gasteiger partial charge in [0.25, 0.3) is 11.1 Å². The predicted molar refractivity (Wildman–Crippen MR) is 109 cm³/mol. The summed E-state index contributed by atoms with van der Waals surface area (Å²) in [5, 5.41) is 3.98. The molecule has 4 rings (SSSR count). The topological polar surface area (TPSA) is 83.8 Å². The van der Waals surface area contributed by atoms with Crippen molar-refractivity contribution < 1.29 is 14.4 Å². The van der Waals surface area contributed by atoms with Crippen LogP contribution in [0.15, 0.2) is 53.6 Å². The zero-order valence-corrected chi connectivity index (χ0v) is 16.5. The summed E-state index contributed by atoms with van der Waals surface area (Å²) in [6, 6.07) is 14.8. The number of fused-ring (bicyclic) bond motifs is 1. The molecule has 28 heavy (non-hydrogen) atoms. The normalized spacial score (nSPS) is 14.9. The molecule has 0 aliphatic carbocycles. The fourth-order valence-corrected chi connectivity index (χ4v) is 4.58. The smallest absolute Gasteiger partial charge is 0.289 e. The molecule has 2 aromatic carbocycles. The number of aryl methyl sites for hydroxylation is 1. The molecule has 142 valence electrons. The molecule has 7 nitrogen and oxygen atoms in total. The van der Waals surface area contributed by atoms with E-state index >= 15 is 0 Å². The Balaban J connectivity index is 1.53. The Bertz CT molecular complexity index is 1150. The number of aromatic nitrogens is 1. The molecule has 1 fully saturated rings. The fraction of sp³-hybridized carbons (Fsp3) is 0.158. The summed E-state index contributed by atoms with van der Waals surface area (Å²) in [6.45, 7) is 0.161. The summed E-state index contributed by atoms with van der Waals surface area (Å²) in [6.07, 6.45) is 0. The lowest BCUT2D eigenvalue weighted by molar-refractivity contribution is -0.125. The standard InChI is InChI=1S/C19H16N4O3S2/c1-22-14-7-2-3-8-15(14)28-18(22)21-20-17(25)13-6-4-5-12(9-13)10-23-16(24)11-27-19(23)26/h2-9H,10-11H2,1H3,(H,20,25). The third kappa shape index (κ3) is 3.58. The second kappa shape index (κ2) is 7.61. The highest BCUT2D eigenvalue weighted by Gasteiger charge is 2.29. The van der Waals surface area contributed by atoms with Gasteiger partial charge in [0.15, 0.2) is 0 Å². The molecular weight excluding hydrogens is 396 g/mol. The highest BCUT2D eigenvalue weighted by atomic mass is 32.2. The first kappa shape index (κ1) is 18.5. The Labute approximate surface area is 168 Å². The number of thiazole rings is 1. The van der Waals surface area contributed by atoms with Gasteiger partial charge in [-0.2, -0.15) is 0 Å². The van der Waals surface area contributed by atoms with Gasteiger partial charge in [0, 0.05) is 12.6 Å². The maximum atomic E-state index is 12.5. The number of carbonyl (C=O) groups excluding carboxylic acids is 3. The molecule has 0 radical (unpaired) electrons. The van der Waals surface area contributed by atoms with Crippen molar-refractivity contribution in [3.05, 3.63) is 64.5 Å². The second-order valence-corrected chi connectivity index (χ2v) is 8.13. The Morgan fingerprint density at radius 3 is 2.75 bits per heavy atom. The molecule has 1 aliphatic heterocycles. The average Bonchev–Trinajstić information content (AvgIpc) is 3.20. The van der Waals surface area contributed by atoms with Crippen molar-refractivity contribution >= 4 is 50.4 Å². The number of hydrogen-bond donors (Lipinski definition) is 1. The first-order valence-corrected chi connectivity index (χ1v) is 10.3. The lowest BCUT2D eigenvalue weighted by Gasteiger charge is -2.13. The number of nitrogens with zero attached hydrogens (tertiary/aromatic N) is 3. The summed E-state index contributed by atoms with van der Waals surface area (Å²) >= 11 is 2.48. The van der Waals surface area contributed by atoms with Crippen LogP contribution in [-0.4, -0.2) is 32.3 Å². The Hall–Kier alpha value is -2.91. The number of carbonyl (C=O) groups is 3. The predicted octanol–water partition coefficient (Wildman–Crippen LogP) is 2.68. The van der Waals surface area contributed by atoms with Gasteiger partial charge in [0.1, 0.15) is 0 Å². The minimum atomic E-state index is -0.354. The molecule has 3 amide bonds. The second-order valence-electron chi connectivity index (χ2n) is 6.20. The maximum Gasteiger partial charge on any atom is 0.289 e. The van der Waals surface area contributed by atoms with Gasteiger partial charge >= 0.3 is 0 Å². The van der Waals surface area contributed by atoms with Crippen LogP contribution in [0.1, 0.15) is 15.9 Å². The van der Waals surface area contributed by atoms with Gasteiger partial charge in [-0.25, -0.2) is 5.43 Å². The first-order chi connectivity index (χ1) is 13.5. The van der Waals surface area contributed by atoms with E-state index in [1.54, 1.807) is 24.3 Å². The molecule has 1 saturated heterocycles. The number of thioether (sulfide) groups is 1. The van der Waals surface area contributed by atoms with Crippen LogP contribution < -0.4 is 10.2 Å².